The smallest absolute Gasteiger partial charge is 0.117 e. The first kappa shape index (κ1) is 17.3. The molecule has 0 atom stereocenters. The first-order valence-corrected chi connectivity index (χ1v) is 9.63. The predicted octanol–water partition coefficient (Wildman–Crippen LogP) is 4.68. The van der Waals surface area contributed by atoms with Crippen LogP contribution in [0.1, 0.15) is 36.9 Å². The minimum absolute atomic E-state index is 0.608. The van der Waals surface area contributed by atoms with Crippen LogP contribution in [-0.2, 0) is 13.1 Å². The Morgan fingerprint density at radius 3 is 2.58 bits per heavy atom. The summed E-state index contributed by atoms with van der Waals surface area (Å²) in [7, 11) is 0. The quantitative estimate of drug-likeness (QED) is 0.688. The number of nitrogens with one attached hydrogen (secondary N) is 1. The Kier molecular flexibility index (Phi) is 5.32. The van der Waals surface area contributed by atoms with Gasteiger partial charge in [0.2, 0.25) is 0 Å². The van der Waals surface area contributed by atoms with Gasteiger partial charge in [0.1, 0.15) is 11.4 Å². The summed E-state index contributed by atoms with van der Waals surface area (Å²) in [5, 5.41) is 13.9. The predicted molar refractivity (Wildman–Crippen MR) is 105 cm³/mol. The van der Waals surface area contributed by atoms with Gasteiger partial charge in [-0.2, -0.15) is 15.0 Å². The van der Waals surface area contributed by atoms with E-state index < -0.39 is 0 Å². The van der Waals surface area contributed by atoms with Gasteiger partial charge >= 0.3 is 0 Å². The number of benzene rings is 2. The molecule has 26 heavy (non-hydrogen) atoms. The molecule has 3 aromatic rings. The van der Waals surface area contributed by atoms with E-state index in [1.165, 1.54) is 25.7 Å². The maximum atomic E-state index is 6.11. The molecule has 0 unspecified atom stereocenters. The van der Waals surface area contributed by atoms with Crippen molar-refractivity contribution in [3.63, 3.8) is 0 Å². The zero-order chi connectivity index (χ0) is 17.8. The monoisotopic (exact) mass is 366 g/mol. The van der Waals surface area contributed by atoms with Crippen LogP contribution >= 0.6 is 11.6 Å². The summed E-state index contributed by atoms with van der Waals surface area (Å²) in [6, 6.07) is 18.7. The van der Waals surface area contributed by atoms with Gasteiger partial charge in [0, 0.05) is 23.2 Å². The first-order chi connectivity index (χ1) is 12.8. The lowest BCUT2D eigenvalue weighted by Crippen LogP contribution is -2.25. The van der Waals surface area contributed by atoms with E-state index in [4.69, 9.17) is 21.8 Å². The van der Waals surface area contributed by atoms with Crippen LogP contribution in [0.25, 0.3) is 11.3 Å². The Morgan fingerprint density at radius 2 is 1.81 bits per heavy atom. The third kappa shape index (κ3) is 4.14. The Labute approximate surface area is 159 Å². The van der Waals surface area contributed by atoms with Gasteiger partial charge in [-0.1, -0.05) is 66.9 Å². The summed E-state index contributed by atoms with van der Waals surface area (Å²) in [6.07, 6.45) is 5.17. The van der Waals surface area contributed by atoms with Gasteiger partial charge in [0.05, 0.1) is 6.54 Å². The molecule has 4 nitrogen and oxygen atoms in total. The van der Waals surface area contributed by atoms with Gasteiger partial charge in [0.15, 0.2) is 0 Å². The number of aromatic nitrogens is 3. The van der Waals surface area contributed by atoms with Gasteiger partial charge in [-0.3, -0.25) is 0 Å². The molecule has 1 saturated carbocycles. The zero-order valence-electron chi connectivity index (χ0n) is 14.7. The van der Waals surface area contributed by atoms with Crippen molar-refractivity contribution in [3.8, 4) is 11.3 Å². The molecule has 1 N–H and O–H groups in total. The summed E-state index contributed by atoms with van der Waals surface area (Å²) in [6.45, 7) is 1.37. The molecule has 0 amide bonds. The van der Waals surface area contributed by atoms with Crippen molar-refractivity contribution in [1.82, 2.24) is 20.3 Å². The van der Waals surface area contributed by atoms with Crippen molar-refractivity contribution < 1.29 is 0 Å². The van der Waals surface area contributed by atoms with E-state index in [1.807, 2.05) is 42.5 Å². The normalized spacial score (nSPS) is 14.8. The molecule has 0 spiro atoms. The fraction of sp³-hybridized carbons (Fsp3) is 0.333. The van der Waals surface area contributed by atoms with E-state index in [2.05, 4.69) is 17.4 Å². The number of halogens is 1. The number of nitrogens with zero attached hydrogens (tertiary/aromatic N) is 3. The van der Waals surface area contributed by atoms with Gasteiger partial charge in [-0.05, 0) is 30.5 Å². The molecular weight excluding hydrogens is 344 g/mol. The first-order valence-electron chi connectivity index (χ1n) is 9.25. The van der Waals surface area contributed by atoms with Crippen molar-refractivity contribution in [2.24, 2.45) is 0 Å². The van der Waals surface area contributed by atoms with Crippen LogP contribution < -0.4 is 5.32 Å². The Hall–Kier alpha value is -2.17. The van der Waals surface area contributed by atoms with Crippen molar-refractivity contribution in [1.29, 1.82) is 0 Å². The average Bonchev–Trinajstić information content (AvgIpc) is 3.30. The van der Waals surface area contributed by atoms with Gasteiger partial charge in [0.25, 0.3) is 0 Å². The third-order valence-corrected chi connectivity index (χ3v) is 5.13. The summed E-state index contributed by atoms with van der Waals surface area (Å²) >= 11 is 6.11. The molecule has 1 aliphatic rings. The Bertz CT molecular complexity index is 853. The molecule has 1 heterocycles. The van der Waals surface area contributed by atoms with Crippen LogP contribution in [0.4, 0.5) is 0 Å². The second kappa shape index (κ2) is 8.02. The maximum absolute atomic E-state index is 6.11. The highest BCUT2D eigenvalue weighted by Crippen LogP contribution is 2.22. The van der Waals surface area contributed by atoms with E-state index in [1.54, 1.807) is 4.80 Å². The molecule has 0 bridgehead atoms. The second-order valence-electron chi connectivity index (χ2n) is 6.88. The lowest BCUT2D eigenvalue weighted by molar-refractivity contribution is 0.511. The highest BCUT2D eigenvalue weighted by atomic mass is 35.5. The van der Waals surface area contributed by atoms with Crippen LogP contribution in [0.15, 0.2) is 54.6 Å². The van der Waals surface area contributed by atoms with Crippen LogP contribution in [-0.4, -0.2) is 21.0 Å². The summed E-state index contributed by atoms with van der Waals surface area (Å²) in [5.74, 6) is 0. The fourth-order valence-corrected chi connectivity index (χ4v) is 3.77. The molecule has 4 rings (SSSR count). The fourth-order valence-electron chi connectivity index (χ4n) is 3.56. The van der Waals surface area contributed by atoms with Crippen LogP contribution in [0.2, 0.25) is 5.02 Å². The lowest BCUT2D eigenvalue weighted by atomic mass is 10.1. The van der Waals surface area contributed by atoms with Crippen LogP contribution in [0.5, 0.6) is 0 Å². The molecule has 1 aliphatic carbocycles. The van der Waals surface area contributed by atoms with E-state index >= 15 is 0 Å². The van der Waals surface area contributed by atoms with Crippen molar-refractivity contribution in [2.75, 3.05) is 0 Å². The zero-order valence-corrected chi connectivity index (χ0v) is 15.5. The van der Waals surface area contributed by atoms with E-state index in [-0.39, 0.29) is 0 Å². The number of hydrogen-bond acceptors (Lipinski definition) is 3. The van der Waals surface area contributed by atoms with Crippen LogP contribution in [0, 0.1) is 0 Å². The van der Waals surface area contributed by atoms with E-state index in [0.717, 1.165) is 34.1 Å². The molecule has 1 aromatic heterocycles. The number of hydrogen-bond donors (Lipinski definition) is 1. The average molecular weight is 367 g/mol. The summed E-state index contributed by atoms with van der Waals surface area (Å²) in [5.41, 5.74) is 4.17. The Morgan fingerprint density at radius 1 is 1.00 bits per heavy atom. The van der Waals surface area contributed by atoms with Crippen LogP contribution in [0.3, 0.4) is 0 Å². The molecule has 0 radical (unpaired) electrons. The standard InChI is InChI=1S/C21H23ClN4/c22-18-10-6-7-16(13-18)15-26-24-20(14-23-19-11-4-5-12-19)21(25-26)17-8-2-1-3-9-17/h1-3,6-10,13,19,23H,4-5,11-12,14-15H2. The minimum Gasteiger partial charge on any atom is -0.308 e. The summed E-state index contributed by atoms with van der Waals surface area (Å²) < 4.78 is 0. The molecular formula is C21H23ClN4. The van der Waals surface area contributed by atoms with E-state index in [0.29, 0.717) is 12.6 Å². The molecule has 5 heteroatoms. The van der Waals surface area contributed by atoms with Crippen molar-refractivity contribution >= 4 is 11.6 Å². The lowest BCUT2D eigenvalue weighted by Gasteiger charge is -2.10. The topological polar surface area (TPSA) is 42.7 Å². The SMILES string of the molecule is Clc1cccc(Cn2nc(CNC3CCCC3)c(-c3ccccc3)n2)c1. The van der Waals surface area contributed by atoms with Gasteiger partial charge in [-0.15, -0.1) is 0 Å². The Balaban J connectivity index is 1.58. The molecule has 134 valence electrons. The highest BCUT2D eigenvalue weighted by Gasteiger charge is 2.18. The molecule has 1 fully saturated rings. The molecule has 0 saturated heterocycles. The molecule has 0 aliphatic heterocycles. The van der Waals surface area contributed by atoms with Gasteiger partial charge in [-0.25, -0.2) is 0 Å². The highest BCUT2D eigenvalue weighted by molar-refractivity contribution is 6.30. The van der Waals surface area contributed by atoms with E-state index in [9.17, 15) is 0 Å². The van der Waals surface area contributed by atoms with Crippen molar-refractivity contribution in [2.45, 2.75) is 44.8 Å². The largest absolute Gasteiger partial charge is 0.308 e. The second-order valence-corrected chi connectivity index (χ2v) is 7.32. The summed E-state index contributed by atoms with van der Waals surface area (Å²) in [4.78, 5) is 1.78. The third-order valence-electron chi connectivity index (χ3n) is 4.90. The number of rotatable bonds is 6. The minimum atomic E-state index is 0.608. The maximum Gasteiger partial charge on any atom is 0.117 e. The molecule has 2 aromatic carbocycles. The van der Waals surface area contributed by atoms with Crippen molar-refractivity contribution in [3.05, 3.63) is 70.9 Å². The van der Waals surface area contributed by atoms with Gasteiger partial charge < -0.3 is 5.32 Å².